The highest BCUT2D eigenvalue weighted by Crippen LogP contribution is 2.16. The maximum Gasteiger partial charge on any atom is 0.321 e. The van der Waals surface area contributed by atoms with Gasteiger partial charge in [0, 0.05) is 31.7 Å². The van der Waals surface area contributed by atoms with E-state index < -0.39 is 0 Å². The second-order valence-electron chi connectivity index (χ2n) is 4.82. The third kappa shape index (κ3) is 3.32. The van der Waals surface area contributed by atoms with Gasteiger partial charge in [-0.15, -0.1) is 0 Å². The van der Waals surface area contributed by atoms with Crippen LogP contribution in [0.15, 0.2) is 24.3 Å². The van der Waals surface area contributed by atoms with Gasteiger partial charge >= 0.3 is 6.03 Å². The Morgan fingerprint density at radius 1 is 1.11 bits per heavy atom. The third-order valence-corrected chi connectivity index (χ3v) is 3.34. The van der Waals surface area contributed by atoms with Gasteiger partial charge in [0.25, 0.3) is 0 Å². The van der Waals surface area contributed by atoms with Gasteiger partial charge in [-0.2, -0.15) is 0 Å². The number of hydrogen-bond acceptors (Lipinski definition) is 3. The van der Waals surface area contributed by atoms with Crippen molar-refractivity contribution in [1.29, 1.82) is 0 Å². The lowest BCUT2D eigenvalue weighted by Gasteiger charge is -2.32. The van der Waals surface area contributed by atoms with Gasteiger partial charge in [-0.1, -0.05) is 12.1 Å². The van der Waals surface area contributed by atoms with Crippen molar-refractivity contribution in [2.45, 2.75) is 6.92 Å². The van der Waals surface area contributed by atoms with Crippen LogP contribution in [0.1, 0.15) is 17.3 Å². The Bertz CT molecular complexity index is 479. The van der Waals surface area contributed by atoms with E-state index in [0.29, 0.717) is 24.3 Å². The second kappa shape index (κ2) is 5.84. The molecule has 2 amide bonds. The van der Waals surface area contributed by atoms with Crippen LogP contribution in [0.25, 0.3) is 0 Å². The quantitative estimate of drug-likeness (QED) is 0.824. The number of nitrogens with one attached hydrogen (secondary N) is 1. The average Bonchev–Trinajstić information content (AvgIpc) is 2.39. The summed E-state index contributed by atoms with van der Waals surface area (Å²) in [6.07, 6.45) is 0. The molecule has 1 aromatic carbocycles. The SMILES string of the molecule is CC(=O)c1ccccc1NC(=O)N1CCN(C)CC1. The van der Waals surface area contributed by atoms with Crippen molar-refractivity contribution in [3.05, 3.63) is 29.8 Å². The highest BCUT2D eigenvalue weighted by atomic mass is 16.2. The Morgan fingerprint density at radius 3 is 2.37 bits per heavy atom. The number of Topliss-reactive ketones (excluding diaryl/α,β-unsaturated/α-hetero) is 1. The molecule has 0 unspecified atom stereocenters. The highest BCUT2D eigenvalue weighted by Gasteiger charge is 2.20. The Morgan fingerprint density at radius 2 is 1.74 bits per heavy atom. The number of benzene rings is 1. The predicted molar refractivity (Wildman–Crippen MR) is 74.5 cm³/mol. The summed E-state index contributed by atoms with van der Waals surface area (Å²) in [5, 5.41) is 2.82. The Balaban J connectivity index is 2.05. The molecule has 0 saturated carbocycles. The molecule has 1 fully saturated rings. The van der Waals surface area contributed by atoms with Crippen LogP contribution in [0.2, 0.25) is 0 Å². The van der Waals surface area contributed by atoms with E-state index in [1.807, 2.05) is 13.1 Å². The van der Waals surface area contributed by atoms with E-state index in [-0.39, 0.29) is 11.8 Å². The number of hydrogen-bond donors (Lipinski definition) is 1. The molecule has 1 heterocycles. The Hall–Kier alpha value is -1.88. The van der Waals surface area contributed by atoms with E-state index in [1.54, 1.807) is 23.1 Å². The van der Waals surface area contributed by atoms with Crippen molar-refractivity contribution in [1.82, 2.24) is 9.80 Å². The van der Waals surface area contributed by atoms with Gasteiger partial charge in [0.15, 0.2) is 5.78 Å². The fraction of sp³-hybridized carbons (Fsp3) is 0.429. The van der Waals surface area contributed by atoms with Crippen LogP contribution in [-0.4, -0.2) is 54.8 Å². The topological polar surface area (TPSA) is 52.7 Å². The van der Waals surface area contributed by atoms with Crippen molar-refractivity contribution in [3.63, 3.8) is 0 Å². The molecule has 102 valence electrons. The normalized spacial score (nSPS) is 16.2. The lowest BCUT2D eigenvalue weighted by atomic mass is 10.1. The van der Waals surface area contributed by atoms with Gasteiger partial charge in [0.2, 0.25) is 0 Å². The van der Waals surface area contributed by atoms with E-state index in [1.165, 1.54) is 6.92 Å². The van der Waals surface area contributed by atoms with Crippen LogP contribution < -0.4 is 5.32 Å². The van der Waals surface area contributed by atoms with Crippen molar-refractivity contribution in [2.24, 2.45) is 0 Å². The van der Waals surface area contributed by atoms with Crippen LogP contribution in [0.5, 0.6) is 0 Å². The van der Waals surface area contributed by atoms with E-state index in [2.05, 4.69) is 10.2 Å². The maximum atomic E-state index is 12.1. The van der Waals surface area contributed by atoms with Gasteiger partial charge in [-0.05, 0) is 26.1 Å². The van der Waals surface area contributed by atoms with Crippen LogP contribution >= 0.6 is 0 Å². The number of piperazine rings is 1. The average molecular weight is 261 g/mol. The molecule has 0 aromatic heterocycles. The standard InChI is InChI=1S/C14H19N3O2/c1-11(18)12-5-3-4-6-13(12)15-14(19)17-9-7-16(2)8-10-17/h3-6H,7-10H2,1-2H3,(H,15,19). The first-order valence-corrected chi connectivity index (χ1v) is 6.42. The van der Waals surface area contributed by atoms with Gasteiger partial charge in [-0.3, -0.25) is 4.79 Å². The molecule has 0 atom stereocenters. The molecule has 0 bridgehead atoms. The zero-order chi connectivity index (χ0) is 13.8. The molecular formula is C14H19N3O2. The first kappa shape index (κ1) is 13.5. The number of para-hydroxylation sites is 1. The van der Waals surface area contributed by atoms with Crippen molar-refractivity contribution < 1.29 is 9.59 Å². The van der Waals surface area contributed by atoms with Crippen LogP contribution in [0.4, 0.5) is 10.5 Å². The lowest BCUT2D eigenvalue weighted by Crippen LogP contribution is -2.48. The summed E-state index contributed by atoms with van der Waals surface area (Å²) in [5.74, 6) is -0.0470. The zero-order valence-electron chi connectivity index (χ0n) is 11.3. The summed E-state index contributed by atoms with van der Waals surface area (Å²) in [5.41, 5.74) is 1.13. The van der Waals surface area contributed by atoms with E-state index >= 15 is 0 Å². The summed E-state index contributed by atoms with van der Waals surface area (Å²) < 4.78 is 0. The van der Waals surface area contributed by atoms with Crippen molar-refractivity contribution >= 4 is 17.5 Å². The number of carbonyl (C=O) groups excluding carboxylic acids is 2. The highest BCUT2D eigenvalue weighted by molar-refractivity contribution is 6.03. The minimum Gasteiger partial charge on any atom is -0.322 e. The number of amides is 2. The van der Waals surface area contributed by atoms with Crippen LogP contribution in [-0.2, 0) is 0 Å². The molecule has 1 aliphatic rings. The van der Waals surface area contributed by atoms with E-state index in [9.17, 15) is 9.59 Å². The summed E-state index contributed by atoms with van der Waals surface area (Å²) >= 11 is 0. The molecule has 5 nitrogen and oxygen atoms in total. The molecule has 1 aliphatic heterocycles. The summed E-state index contributed by atoms with van der Waals surface area (Å²) in [6.45, 7) is 4.68. The first-order valence-electron chi connectivity index (χ1n) is 6.42. The maximum absolute atomic E-state index is 12.1. The third-order valence-electron chi connectivity index (χ3n) is 3.34. The van der Waals surface area contributed by atoms with Crippen LogP contribution in [0.3, 0.4) is 0 Å². The molecule has 5 heteroatoms. The van der Waals surface area contributed by atoms with Crippen molar-refractivity contribution in [2.75, 3.05) is 38.5 Å². The number of urea groups is 1. The smallest absolute Gasteiger partial charge is 0.321 e. The van der Waals surface area contributed by atoms with Crippen LogP contribution in [0, 0.1) is 0 Å². The Kier molecular flexibility index (Phi) is 4.16. The number of carbonyl (C=O) groups is 2. The minimum atomic E-state index is -0.137. The van der Waals surface area contributed by atoms with E-state index in [4.69, 9.17) is 0 Å². The fourth-order valence-corrected chi connectivity index (χ4v) is 2.10. The molecule has 0 radical (unpaired) electrons. The lowest BCUT2D eigenvalue weighted by molar-refractivity contribution is 0.101. The number of likely N-dealkylation sites (N-methyl/N-ethyl adjacent to an activating group) is 1. The summed E-state index contributed by atoms with van der Waals surface area (Å²) in [6, 6.07) is 6.95. The fourth-order valence-electron chi connectivity index (χ4n) is 2.10. The second-order valence-corrected chi connectivity index (χ2v) is 4.82. The van der Waals surface area contributed by atoms with E-state index in [0.717, 1.165) is 13.1 Å². The molecule has 0 spiro atoms. The summed E-state index contributed by atoms with van der Waals surface area (Å²) in [7, 11) is 2.04. The number of nitrogens with zero attached hydrogens (tertiary/aromatic N) is 2. The first-order chi connectivity index (χ1) is 9.08. The molecule has 0 aliphatic carbocycles. The largest absolute Gasteiger partial charge is 0.322 e. The molecule has 1 aromatic rings. The van der Waals surface area contributed by atoms with Crippen molar-refractivity contribution in [3.8, 4) is 0 Å². The number of anilines is 1. The Labute approximate surface area is 113 Å². The molecule has 2 rings (SSSR count). The zero-order valence-corrected chi connectivity index (χ0v) is 11.3. The van der Waals surface area contributed by atoms with Gasteiger partial charge in [0.1, 0.15) is 0 Å². The predicted octanol–water partition coefficient (Wildman–Crippen LogP) is 1.67. The molecule has 1 saturated heterocycles. The molecular weight excluding hydrogens is 242 g/mol. The monoisotopic (exact) mass is 261 g/mol. The summed E-state index contributed by atoms with van der Waals surface area (Å²) in [4.78, 5) is 27.6. The van der Waals surface area contributed by atoms with Gasteiger partial charge in [-0.25, -0.2) is 4.79 Å². The molecule has 19 heavy (non-hydrogen) atoms. The number of ketones is 1. The van der Waals surface area contributed by atoms with Gasteiger partial charge < -0.3 is 15.1 Å². The number of rotatable bonds is 2. The minimum absolute atomic E-state index is 0.0470. The molecule has 1 N–H and O–H groups in total. The van der Waals surface area contributed by atoms with Gasteiger partial charge in [0.05, 0.1) is 5.69 Å².